The summed E-state index contributed by atoms with van der Waals surface area (Å²) >= 11 is 0. The molecule has 0 aliphatic carbocycles. The molecule has 0 spiro atoms. The molecule has 0 amide bonds. The molecular weight excluding hydrogens is 250 g/mol. The fraction of sp³-hybridized carbons (Fsp3) is 0.412. The van der Waals surface area contributed by atoms with Gasteiger partial charge in [-0.1, -0.05) is 43.1 Å². The van der Waals surface area contributed by atoms with E-state index in [1.54, 1.807) is 0 Å². The van der Waals surface area contributed by atoms with Crippen molar-refractivity contribution in [3.63, 3.8) is 0 Å². The van der Waals surface area contributed by atoms with Gasteiger partial charge in [-0.25, -0.2) is 4.79 Å². The Morgan fingerprint density at radius 3 is 2.55 bits per heavy atom. The summed E-state index contributed by atoms with van der Waals surface area (Å²) in [4.78, 5) is 16.7. The third kappa shape index (κ3) is 3.16. The van der Waals surface area contributed by atoms with Crippen molar-refractivity contribution in [1.82, 2.24) is 0 Å². The lowest BCUT2D eigenvalue weighted by Crippen LogP contribution is -2.06. The Hall–Kier alpha value is -1.90. The molecule has 0 saturated heterocycles. The second kappa shape index (κ2) is 6.51. The molecule has 0 N–H and O–H groups in total. The molecule has 2 rings (SSSR count). The van der Waals surface area contributed by atoms with Crippen molar-refractivity contribution in [1.29, 1.82) is 0 Å². The molecule has 0 fully saturated rings. The summed E-state index contributed by atoms with van der Waals surface area (Å²) in [5.74, 6) is -0.334. The van der Waals surface area contributed by atoms with Crippen LogP contribution < -0.4 is 0 Å². The number of rotatable bonds is 5. The molecule has 1 aromatic rings. The second-order valence-corrected chi connectivity index (χ2v) is 5.24. The zero-order valence-electron chi connectivity index (χ0n) is 12.4. The van der Waals surface area contributed by atoms with Gasteiger partial charge in [0.15, 0.2) is 0 Å². The predicted molar refractivity (Wildman–Crippen MR) is 81.6 cm³/mol. The van der Waals surface area contributed by atoms with E-state index in [0.29, 0.717) is 5.57 Å². The monoisotopic (exact) mass is 271 g/mol. The van der Waals surface area contributed by atoms with Gasteiger partial charge in [0.1, 0.15) is 0 Å². The van der Waals surface area contributed by atoms with Gasteiger partial charge < -0.3 is 4.84 Å². The van der Waals surface area contributed by atoms with Crippen LogP contribution in [0.25, 0.3) is 6.08 Å². The smallest absolute Gasteiger partial charge is 0.312 e. The van der Waals surface area contributed by atoms with E-state index in [2.05, 4.69) is 12.1 Å². The van der Waals surface area contributed by atoms with E-state index in [9.17, 15) is 4.79 Å². The topological polar surface area (TPSA) is 38.7 Å². The first-order valence-electron chi connectivity index (χ1n) is 7.20. The summed E-state index contributed by atoms with van der Waals surface area (Å²) in [6.07, 6.45) is 6.05. The average Bonchev–Trinajstić information content (AvgIpc) is 2.76. The maximum Gasteiger partial charge on any atom is 0.367 e. The SMILES string of the molecule is CCCCCC1=NOC(=O)C1=Cc1c(C)cccc1C. The highest BCUT2D eigenvalue weighted by molar-refractivity contribution is 6.25. The van der Waals surface area contributed by atoms with Gasteiger partial charge in [-0.3, -0.25) is 0 Å². The minimum absolute atomic E-state index is 0.334. The molecule has 0 saturated carbocycles. The van der Waals surface area contributed by atoms with E-state index < -0.39 is 0 Å². The predicted octanol–water partition coefficient (Wildman–Crippen LogP) is 4.18. The number of carbonyl (C=O) groups excluding carboxylic acids is 1. The molecule has 0 radical (unpaired) electrons. The van der Waals surface area contributed by atoms with E-state index in [1.165, 1.54) is 0 Å². The Bertz CT molecular complexity index is 550. The number of nitrogens with zero attached hydrogens (tertiary/aromatic N) is 1. The lowest BCUT2D eigenvalue weighted by molar-refractivity contribution is -0.136. The maximum atomic E-state index is 11.8. The minimum atomic E-state index is -0.334. The first kappa shape index (κ1) is 14.5. The highest BCUT2D eigenvalue weighted by atomic mass is 16.7. The van der Waals surface area contributed by atoms with Crippen LogP contribution >= 0.6 is 0 Å². The van der Waals surface area contributed by atoms with Gasteiger partial charge in [-0.05, 0) is 49.5 Å². The van der Waals surface area contributed by atoms with E-state index >= 15 is 0 Å². The Kier molecular flexibility index (Phi) is 4.72. The van der Waals surface area contributed by atoms with Gasteiger partial charge >= 0.3 is 5.97 Å². The van der Waals surface area contributed by atoms with Crippen LogP contribution in [0.4, 0.5) is 0 Å². The van der Waals surface area contributed by atoms with Crippen LogP contribution in [0.1, 0.15) is 49.3 Å². The molecule has 1 aliphatic rings. The summed E-state index contributed by atoms with van der Waals surface area (Å²) in [7, 11) is 0. The minimum Gasteiger partial charge on any atom is -0.312 e. The highest BCUT2D eigenvalue weighted by Gasteiger charge is 2.25. The summed E-state index contributed by atoms with van der Waals surface area (Å²) < 4.78 is 0. The Labute approximate surface area is 120 Å². The molecule has 0 unspecified atom stereocenters. The third-order valence-electron chi connectivity index (χ3n) is 3.62. The van der Waals surface area contributed by atoms with Crippen molar-refractivity contribution >= 4 is 17.8 Å². The van der Waals surface area contributed by atoms with Crippen molar-refractivity contribution in [3.8, 4) is 0 Å². The molecule has 0 atom stereocenters. The number of aryl methyl sites for hydroxylation is 2. The fourth-order valence-electron chi connectivity index (χ4n) is 2.38. The highest BCUT2D eigenvalue weighted by Crippen LogP contribution is 2.23. The number of unbranched alkanes of at least 4 members (excludes halogenated alkanes) is 2. The molecule has 1 heterocycles. The van der Waals surface area contributed by atoms with Gasteiger partial charge in [0, 0.05) is 0 Å². The first-order chi connectivity index (χ1) is 9.63. The van der Waals surface area contributed by atoms with E-state index in [-0.39, 0.29) is 5.97 Å². The molecule has 20 heavy (non-hydrogen) atoms. The van der Waals surface area contributed by atoms with E-state index in [4.69, 9.17) is 4.84 Å². The first-order valence-corrected chi connectivity index (χ1v) is 7.20. The quantitative estimate of drug-likeness (QED) is 0.458. The van der Waals surface area contributed by atoms with Crippen molar-refractivity contribution < 1.29 is 9.63 Å². The lowest BCUT2D eigenvalue weighted by atomic mass is 9.97. The van der Waals surface area contributed by atoms with Gasteiger partial charge in [0.25, 0.3) is 0 Å². The lowest BCUT2D eigenvalue weighted by Gasteiger charge is -2.06. The Morgan fingerprint density at radius 2 is 1.90 bits per heavy atom. The van der Waals surface area contributed by atoms with E-state index in [1.807, 2.05) is 38.1 Å². The molecule has 1 aliphatic heterocycles. The molecule has 106 valence electrons. The van der Waals surface area contributed by atoms with Crippen molar-refractivity contribution in [3.05, 3.63) is 40.5 Å². The van der Waals surface area contributed by atoms with E-state index in [0.717, 1.165) is 48.1 Å². The zero-order valence-corrected chi connectivity index (χ0v) is 12.4. The largest absolute Gasteiger partial charge is 0.367 e. The molecule has 0 aromatic heterocycles. The maximum absolute atomic E-state index is 11.8. The molecule has 3 heteroatoms. The molecule has 3 nitrogen and oxygen atoms in total. The van der Waals surface area contributed by atoms with Crippen LogP contribution in [0.5, 0.6) is 0 Å². The second-order valence-electron chi connectivity index (χ2n) is 5.24. The van der Waals surface area contributed by atoms with Crippen LogP contribution in [0.15, 0.2) is 28.9 Å². The standard InChI is InChI=1S/C17H21NO2/c1-4-5-6-10-16-15(17(19)20-18-16)11-14-12(2)8-7-9-13(14)3/h7-9,11H,4-6,10H2,1-3H3. The number of hydrogen-bond donors (Lipinski definition) is 0. The number of hydrogen-bond acceptors (Lipinski definition) is 3. The Morgan fingerprint density at radius 1 is 1.20 bits per heavy atom. The fourth-order valence-corrected chi connectivity index (χ4v) is 2.38. The Balaban J connectivity index is 2.26. The summed E-state index contributed by atoms with van der Waals surface area (Å²) in [6, 6.07) is 6.12. The van der Waals surface area contributed by atoms with Gasteiger partial charge in [-0.15, -0.1) is 0 Å². The average molecular weight is 271 g/mol. The zero-order chi connectivity index (χ0) is 14.5. The number of oxime groups is 1. The summed E-state index contributed by atoms with van der Waals surface area (Å²) in [6.45, 7) is 6.26. The summed E-state index contributed by atoms with van der Waals surface area (Å²) in [5.41, 5.74) is 4.80. The molecular formula is C17H21NO2. The van der Waals surface area contributed by atoms with Crippen LogP contribution in [0, 0.1) is 13.8 Å². The van der Waals surface area contributed by atoms with Crippen LogP contribution in [-0.2, 0) is 9.63 Å². The van der Waals surface area contributed by atoms with Crippen molar-refractivity contribution in [2.24, 2.45) is 5.16 Å². The van der Waals surface area contributed by atoms with Crippen molar-refractivity contribution in [2.75, 3.05) is 0 Å². The molecule has 0 bridgehead atoms. The molecule has 1 aromatic carbocycles. The van der Waals surface area contributed by atoms with Gasteiger partial charge in [0.2, 0.25) is 0 Å². The van der Waals surface area contributed by atoms with Crippen LogP contribution in [0.3, 0.4) is 0 Å². The third-order valence-corrected chi connectivity index (χ3v) is 3.62. The number of carbonyl (C=O) groups is 1. The van der Waals surface area contributed by atoms with Crippen molar-refractivity contribution in [2.45, 2.75) is 46.5 Å². The number of benzene rings is 1. The normalized spacial score (nSPS) is 16.4. The summed E-state index contributed by atoms with van der Waals surface area (Å²) in [5, 5.41) is 3.92. The van der Waals surface area contributed by atoms with Gasteiger partial charge in [0.05, 0.1) is 11.3 Å². The van der Waals surface area contributed by atoms with Crippen LogP contribution in [0.2, 0.25) is 0 Å². The van der Waals surface area contributed by atoms with Gasteiger partial charge in [-0.2, -0.15) is 0 Å². The van der Waals surface area contributed by atoms with Crippen LogP contribution in [-0.4, -0.2) is 11.7 Å².